The van der Waals surface area contributed by atoms with Gasteiger partial charge in [0.25, 0.3) is 10.0 Å². The Hall–Kier alpha value is -1.90. The van der Waals surface area contributed by atoms with Gasteiger partial charge in [-0.3, -0.25) is 9.71 Å². The summed E-state index contributed by atoms with van der Waals surface area (Å²) in [6, 6.07) is 8.70. The number of halogens is 1. The van der Waals surface area contributed by atoms with E-state index in [1.807, 2.05) is 6.07 Å². The van der Waals surface area contributed by atoms with Crippen molar-refractivity contribution in [2.24, 2.45) is 0 Å². The van der Waals surface area contributed by atoms with Crippen LogP contribution in [-0.4, -0.2) is 24.8 Å². The molecule has 1 heterocycles. The van der Waals surface area contributed by atoms with Crippen LogP contribution in [0.4, 0.5) is 17.1 Å². The van der Waals surface area contributed by atoms with Crippen LogP contribution in [0.25, 0.3) is 0 Å². The van der Waals surface area contributed by atoms with Gasteiger partial charge in [-0.1, -0.05) is 17.7 Å². The molecule has 0 aliphatic heterocycles. The maximum atomic E-state index is 12.0. The van der Waals surface area contributed by atoms with Crippen LogP contribution in [0, 0.1) is 0 Å². The average Bonchev–Trinajstić information content (AvgIpc) is 2.48. The van der Waals surface area contributed by atoms with Gasteiger partial charge in [0.2, 0.25) is 4.32 Å². The number of benzene rings is 1. The molecule has 0 aliphatic rings. The van der Waals surface area contributed by atoms with Crippen LogP contribution in [0.1, 0.15) is 0 Å². The molecule has 0 aliphatic carbocycles. The molecule has 6 nitrogen and oxygen atoms in total. The predicted molar refractivity (Wildman–Crippen MR) is 93.2 cm³/mol. The minimum Gasteiger partial charge on any atom is -0.368 e. The van der Waals surface area contributed by atoms with E-state index < -0.39 is 10.0 Å². The second-order valence-corrected chi connectivity index (χ2v) is 6.92. The summed E-state index contributed by atoms with van der Waals surface area (Å²) in [5.74, 6) is 0. The Balaban J connectivity index is 2.29. The molecule has 3 N–H and O–H groups in total. The van der Waals surface area contributed by atoms with Crippen molar-refractivity contribution in [3.8, 4) is 0 Å². The lowest BCUT2D eigenvalue weighted by atomic mass is 10.3. The van der Waals surface area contributed by atoms with Crippen molar-refractivity contribution in [2.45, 2.75) is 0 Å². The van der Waals surface area contributed by atoms with E-state index in [9.17, 15) is 8.42 Å². The quantitative estimate of drug-likeness (QED) is 0.731. The lowest BCUT2D eigenvalue weighted by Gasteiger charge is -2.14. The van der Waals surface area contributed by atoms with Gasteiger partial charge in [0.15, 0.2) is 0 Å². The van der Waals surface area contributed by atoms with Gasteiger partial charge in [0, 0.05) is 24.0 Å². The van der Waals surface area contributed by atoms with Gasteiger partial charge < -0.3 is 10.6 Å². The molecule has 2 aromatic rings. The van der Waals surface area contributed by atoms with Crippen LogP contribution in [0.15, 0.2) is 42.7 Å². The summed E-state index contributed by atoms with van der Waals surface area (Å²) in [6.07, 6.45) is 2.93. The highest BCUT2D eigenvalue weighted by molar-refractivity contribution is 8.17. The predicted octanol–water partition coefficient (Wildman–Crippen LogP) is 2.72. The first-order chi connectivity index (χ1) is 10.4. The lowest BCUT2D eigenvalue weighted by Crippen LogP contribution is -2.31. The number of nitrogens with one attached hydrogen (secondary N) is 3. The van der Waals surface area contributed by atoms with E-state index in [0.717, 1.165) is 5.69 Å². The third kappa shape index (κ3) is 4.06. The zero-order valence-corrected chi connectivity index (χ0v) is 13.9. The number of nitrogens with zero attached hydrogens (tertiary/aromatic N) is 1. The average molecular weight is 357 g/mol. The molecule has 0 saturated carbocycles. The van der Waals surface area contributed by atoms with Crippen LogP contribution >= 0.6 is 23.8 Å². The molecule has 0 saturated heterocycles. The molecule has 0 atom stereocenters. The van der Waals surface area contributed by atoms with Gasteiger partial charge in [0.05, 0.1) is 17.6 Å². The molecule has 1 aromatic heterocycles. The van der Waals surface area contributed by atoms with Gasteiger partial charge >= 0.3 is 0 Å². The number of anilines is 3. The van der Waals surface area contributed by atoms with Crippen LogP contribution < -0.4 is 15.4 Å². The van der Waals surface area contributed by atoms with Gasteiger partial charge in [0.1, 0.15) is 0 Å². The Labute approximate surface area is 139 Å². The summed E-state index contributed by atoms with van der Waals surface area (Å²) in [5.41, 5.74) is 1.52. The second kappa shape index (κ2) is 6.91. The normalized spacial score (nSPS) is 10.8. The van der Waals surface area contributed by atoms with E-state index in [2.05, 4.69) is 20.3 Å². The molecule has 0 spiro atoms. The molecule has 0 unspecified atom stereocenters. The fourth-order valence-electron chi connectivity index (χ4n) is 1.63. The summed E-state index contributed by atoms with van der Waals surface area (Å²) in [6.45, 7) is 0. The first-order valence-corrected chi connectivity index (χ1v) is 8.40. The van der Waals surface area contributed by atoms with E-state index in [-0.39, 0.29) is 10.0 Å². The van der Waals surface area contributed by atoms with E-state index in [1.165, 1.54) is 13.2 Å². The highest BCUT2D eigenvalue weighted by atomic mass is 35.5. The van der Waals surface area contributed by atoms with Crippen molar-refractivity contribution in [1.29, 1.82) is 0 Å². The monoisotopic (exact) mass is 356 g/mol. The van der Waals surface area contributed by atoms with Crippen molar-refractivity contribution < 1.29 is 8.42 Å². The van der Waals surface area contributed by atoms with Crippen LogP contribution in [0.2, 0.25) is 5.02 Å². The molecule has 1 aromatic carbocycles. The minimum atomic E-state index is -3.82. The summed E-state index contributed by atoms with van der Waals surface area (Å²) in [7, 11) is -2.38. The Bertz CT molecular complexity index is 796. The van der Waals surface area contributed by atoms with Crippen molar-refractivity contribution >= 4 is 55.2 Å². The van der Waals surface area contributed by atoms with Crippen molar-refractivity contribution in [3.63, 3.8) is 0 Å². The summed E-state index contributed by atoms with van der Waals surface area (Å²) >= 11 is 10.7. The number of aromatic nitrogens is 1. The topological polar surface area (TPSA) is 83.1 Å². The molecule has 9 heteroatoms. The van der Waals surface area contributed by atoms with Crippen molar-refractivity contribution in [3.05, 3.63) is 47.7 Å². The number of rotatable bonds is 4. The fourth-order valence-corrected chi connectivity index (χ4v) is 2.76. The number of thiocarbonyl (C=S) groups is 1. The molecule has 116 valence electrons. The zero-order chi connectivity index (χ0) is 16.2. The first kappa shape index (κ1) is 16.5. The Morgan fingerprint density at radius 3 is 2.73 bits per heavy atom. The Kier molecular flexibility index (Phi) is 5.17. The first-order valence-electron chi connectivity index (χ1n) is 6.13. The minimum absolute atomic E-state index is 0.278. The third-order valence-electron chi connectivity index (χ3n) is 2.62. The van der Waals surface area contributed by atoms with Gasteiger partial charge in [-0.2, -0.15) is 8.42 Å². The lowest BCUT2D eigenvalue weighted by molar-refractivity contribution is 0.611. The Morgan fingerprint density at radius 1 is 1.27 bits per heavy atom. The maximum Gasteiger partial charge on any atom is 0.287 e. The maximum absolute atomic E-state index is 12.0. The van der Waals surface area contributed by atoms with Gasteiger partial charge in [-0.15, -0.1) is 0 Å². The number of sulfonamides is 1. The molecular weight excluding hydrogens is 344 g/mol. The molecule has 22 heavy (non-hydrogen) atoms. The molecule has 0 fully saturated rings. The number of pyridine rings is 1. The van der Waals surface area contributed by atoms with Crippen molar-refractivity contribution in [2.75, 3.05) is 17.1 Å². The molecule has 0 radical (unpaired) electrons. The summed E-state index contributed by atoms with van der Waals surface area (Å²) in [4.78, 5) is 3.92. The van der Waals surface area contributed by atoms with Crippen LogP contribution in [0.3, 0.4) is 0 Å². The fraction of sp³-hybridized carbons (Fsp3) is 0.0769. The number of hydrogen-bond acceptors (Lipinski definition) is 5. The van der Waals surface area contributed by atoms with Gasteiger partial charge in [-0.05, 0) is 36.5 Å². The molecular formula is C13H13ClN4O2S2. The molecule has 0 amide bonds. The SMILES string of the molecule is CNC(=S)S(=O)(=O)Nc1cnccc1Nc1cccc(Cl)c1. The van der Waals surface area contributed by atoms with E-state index in [4.69, 9.17) is 23.8 Å². The highest BCUT2D eigenvalue weighted by Crippen LogP contribution is 2.26. The van der Waals surface area contributed by atoms with Crippen LogP contribution in [0.5, 0.6) is 0 Å². The smallest absolute Gasteiger partial charge is 0.287 e. The summed E-state index contributed by atoms with van der Waals surface area (Å²) in [5, 5.41) is 6.07. The van der Waals surface area contributed by atoms with E-state index in [1.54, 1.807) is 30.5 Å². The largest absolute Gasteiger partial charge is 0.368 e. The number of hydrogen-bond donors (Lipinski definition) is 3. The third-order valence-corrected chi connectivity index (χ3v) is 4.90. The zero-order valence-electron chi connectivity index (χ0n) is 11.5. The van der Waals surface area contributed by atoms with Crippen molar-refractivity contribution in [1.82, 2.24) is 10.3 Å². The second-order valence-electron chi connectivity index (χ2n) is 4.20. The van der Waals surface area contributed by atoms with E-state index >= 15 is 0 Å². The Morgan fingerprint density at radius 2 is 2.05 bits per heavy atom. The molecule has 0 bridgehead atoms. The van der Waals surface area contributed by atoms with Gasteiger partial charge in [-0.25, -0.2) is 0 Å². The summed E-state index contributed by atoms with van der Waals surface area (Å²) < 4.78 is 26.1. The standard InChI is InChI=1S/C13H13ClN4O2S2/c1-15-13(21)22(19,20)18-12-8-16-6-5-11(12)17-10-4-2-3-9(14)7-10/h2-8,18H,1H3,(H,15,21)(H,16,17). The molecule has 2 rings (SSSR count). The van der Waals surface area contributed by atoms with Crippen LogP contribution in [-0.2, 0) is 10.0 Å². The van der Waals surface area contributed by atoms with E-state index in [0.29, 0.717) is 10.7 Å². The highest BCUT2D eigenvalue weighted by Gasteiger charge is 2.18.